The fraction of sp³-hybridized carbons (Fsp3) is 0. The lowest BCUT2D eigenvalue weighted by atomic mass is 9.97. The molecule has 0 spiro atoms. The molecule has 3 heteroatoms. The average molecular weight is 703 g/mol. The Kier molecular flexibility index (Phi) is 8.16. The van der Waals surface area contributed by atoms with E-state index in [4.69, 9.17) is 14.4 Å². The van der Waals surface area contributed by atoms with Crippen molar-refractivity contribution in [3.63, 3.8) is 0 Å². The van der Waals surface area contributed by atoms with Crippen LogP contribution in [0, 0.1) is 0 Å². The molecule has 258 valence electrons. The first-order chi connectivity index (χ1) is 27.2. The largest absolute Gasteiger partial charge is 0.456 e. The second kappa shape index (κ2) is 13.9. The topological polar surface area (TPSA) is 38.9 Å². The van der Waals surface area contributed by atoms with Crippen molar-refractivity contribution in [1.29, 1.82) is 0 Å². The van der Waals surface area contributed by atoms with Crippen LogP contribution in [0.15, 0.2) is 211 Å². The summed E-state index contributed by atoms with van der Waals surface area (Å²) in [7, 11) is 0. The molecule has 0 atom stereocenters. The number of hydrogen-bond donors (Lipinski definition) is 0. The predicted molar refractivity (Wildman–Crippen MR) is 227 cm³/mol. The molecule has 3 nitrogen and oxygen atoms in total. The van der Waals surface area contributed by atoms with Crippen LogP contribution in [0.2, 0.25) is 0 Å². The molecular weight excluding hydrogens is 669 g/mol. The van der Waals surface area contributed by atoms with Crippen molar-refractivity contribution in [2.75, 3.05) is 0 Å². The van der Waals surface area contributed by atoms with Gasteiger partial charge in [0, 0.05) is 27.5 Å². The summed E-state index contributed by atoms with van der Waals surface area (Å²) in [5, 5.41) is 2.29. The first kappa shape index (κ1) is 32.3. The fourth-order valence-electron chi connectivity index (χ4n) is 7.37. The molecule has 0 saturated carbocycles. The van der Waals surface area contributed by atoms with Crippen molar-refractivity contribution >= 4 is 21.9 Å². The molecule has 10 rings (SSSR count). The zero-order chi connectivity index (χ0) is 36.6. The third-order valence-corrected chi connectivity index (χ3v) is 10.4. The average Bonchev–Trinajstić information content (AvgIpc) is 3.65. The van der Waals surface area contributed by atoms with E-state index in [2.05, 4.69) is 170 Å². The van der Waals surface area contributed by atoms with Gasteiger partial charge >= 0.3 is 0 Å². The van der Waals surface area contributed by atoms with Gasteiger partial charge in [0.1, 0.15) is 11.2 Å². The Bertz CT molecular complexity index is 2910. The van der Waals surface area contributed by atoms with Gasteiger partial charge in [0.2, 0.25) is 0 Å². The van der Waals surface area contributed by atoms with Gasteiger partial charge in [0.25, 0.3) is 0 Å². The van der Waals surface area contributed by atoms with E-state index < -0.39 is 0 Å². The summed E-state index contributed by atoms with van der Waals surface area (Å²) in [4.78, 5) is 10.1. The summed E-state index contributed by atoms with van der Waals surface area (Å²) < 4.78 is 6.04. The summed E-state index contributed by atoms with van der Waals surface area (Å²) in [6, 6.07) is 72.3. The van der Waals surface area contributed by atoms with Crippen molar-refractivity contribution in [3.8, 4) is 78.4 Å². The molecule has 2 heterocycles. The van der Waals surface area contributed by atoms with E-state index in [0.29, 0.717) is 5.82 Å². The second-order valence-electron chi connectivity index (χ2n) is 13.8. The van der Waals surface area contributed by atoms with Gasteiger partial charge in [0.05, 0.1) is 11.4 Å². The minimum atomic E-state index is 0.709. The Labute approximate surface area is 319 Å². The zero-order valence-electron chi connectivity index (χ0n) is 29.9. The highest BCUT2D eigenvalue weighted by molar-refractivity contribution is 6.06. The number of rotatable bonds is 7. The van der Waals surface area contributed by atoms with Crippen LogP contribution < -0.4 is 0 Å². The number of furan rings is 1. The molecule has 0 aliphatic carbocycles. The van der Waals surface area contributed by atoms with Gasteiger partial charge in [-0.25, -0.2) is 9.97 Å². The maximum absolute atomic E-state index is 6.04. The maximum Gasteiger partial charge on any atom is 0.160 e. The number of benzene rings is 8. The van der Waals surface area contributed by atoms with Crippen molar-refractivity contribution in [1.82, 2.24) is 9.97 Å². The van der Waals surface area contributed by atoms with Crippen LogP contribution in [0.4, 0.5) is 0 Å². The fourth-order valence-corrected chi connectivity index (χ4v) is 7.37. The molecule has 0 saturated heterocycles. The van der Waals surface area contributed by atoms with Gasteiger partial charge in [-0.2, -0.15) is 0 Å². The van der Waals surface area contributed by atoms with Gasteiger partial charge in [-0.15, -0.1) is 0 Å². The Balaban J connectivity index is 0.900. The van der Waals surface area contributed by atoms with Crippen LogP contribution >= 0.6 is 0 Å². The van der Waals surface area contributed by atoms with Gasteiger partial charge in [-0.1, -0.05) is 182 Å². The van der Waals surface area contributed by atoms with E-state index in [-0.39, 0.29) is 0 Å². The molecule has 2 aromatic heterocycles. The Morgan fingerprint density at radius 3 is 1.13 bits per heavy atom. The van der Waals surface area contributed by atoms with Crippen LogP contribution in [0.25, 0.3) is 100 Å². The Hall–Kier alpha value is -7.36. The molecule has 0 unspecified atom stereocenters. The monoisotopic (exact) mass is 702 g/mol. The molecule has 0 aliphatic rings. The van der Waals surface area contributed by atoms with E-state index in [1.165, 1.54) is 38.9 Å². The lowest BCUT2D eigenvalue weighted by Gasteiger charge is -2.11. The quantitative estimate of drug-likeness (QED) is 0.166. The number of para-hydroxylation sites is 1. The smallest absolute Gasteiger partial charge is 0.160 e. The third kappa shape index (κ3) is 6.39. The van der Waals surface area contributed by atoms with Crippen LogP contribution in [-0.4, -0.2) is 9.97 Å². The summed E-state index contributed by atoms with van der Waals surface area (Å²) in [6.45, 7) is 0. The van der Waals surface area contributed by atoms with Gasteiger partial charge in [0.15, 0.2) is 5.82 Å². The summed E-state index contributed by atoms with van der Waals surface area (Å²) in [5.74, 6) is 0.709. The highest BCUT2D eigenvalue weighted by Crippen LogP contribution is 2.35. The van der Waals surface area contributed by atoms with Crippen LogP contribution in [0.5, 0.6) is 0 Å². The highest BCUT2D eigenvalue weighted by Gasteiger charge is 2.12. The first-order valence-corrected chi connectivity index (χ1v) is 18.6. The van der Waals surface area contributed by atoms with E-state index in [0.717, 1.165) is 55.6 Å². The summed E-state index contributed by atoms with van der Waals surface area (Å²) in [5.41, 5.74) is 16.1. The standard InChI is InChI=1S/C52H34N2O/c1-3-9-35(10-4-1)36-23-27-42(28-24-36)48-34-49(54-52(53-48)44-11-5-2-6-12-44)43-29-25-40(26-30-43)38-17-15-37(16-18-38)39-19-21-41(22-20-39)45-31-32-51-47(33-45)46-13-7-8-14-50(46)55-51/h1-34H. The molecule has 0 N–H and O–H groups in total. The van der Waals surface area contributed by atoms with E-state index in [9.17, 15) is 0 Å². The molecular formula is C52H34N2O. The van der Waals surface area contributed by atoms with Gasteiger partial charge in [-0.05, 0) is 68.8 Å². The molecule has 0 fully saturated rings. The highest BCUT2D eigenvalue weighted by atomic mass is 16.3. The van der Waals surface area contributed by atoms with Crippen LogP contribution in [-0.2, 0) is 0 Å². The Morgan fingerprint density at radius 2 is 0.618 bits per heavy atom. The minimum absolute atomic E-state index is 0.709. The molecule has 0 bridgehead atoms. The van der Waals surface area contributed by atoms with E-state index in [1.807, 2.05) is 36.4 Å². The number of fused-ring (bicyclic) bond motifs is 3. The molecule has 8 aromatic carbocycles. The molecule has 0 amide bonds. The van der Waals surface area contributed by atoms with Crippen LogP contribution in [0.1, 0.15) is 0 Å². The number of aromatic nitrogens is 2. The number of nitrogens with zero attached hydrogens (tertiary/aromatic N) is 2. The lowest BCUT2D eigenvalue weighted by molar-refractivity contribution is 0.669. The van der Waals surface area contributed by atoms with Crippen molar-refractivity contribution in [2.45, 2.75) is 0 Å². The van der Waals surface area contributed by atoms with Crippen LogP contribution in [0.3, 0.4) is 0 Å². The minimum Gasteiger partial charge on any atom is -0.456 e. The second-order valence-corrected chi connectivity index (χ2v) is 13.8. The van der Waals surface area contributed by atoms with Crippen molar-refractivity contribution in [3.05, 3.63) is 206 Å². The predicted octanol–water partition coefficient (Wildman–Crippen LogP) is 14.0. The third-order valence-electron chi connectivity index (χ3n) is 10.4. The number of hydrogen-bond acceptors (Lipinski definition) is 3. The zero-order valence-corrected chi connectivity index (χ0v) is 29.9. The molecule has 0 aliphatic heterocycles. The lowest BCUT2D eigenvalue weighted by Crippen LogP contribution is -1.96. The summed E-state index contributed by atoms with van der Waals surface area (Å²) >= 11 is 0. The van der Waals surface area contributed by atoms with Crippen molar-refractivity contribution < 1.29 is 4.42 Å². The van der Waals surface area contributed by atoms with Gasteiger partial charge < -0.3 is 4.42 Å². The molecule has 10 aromatic rings. The first-order valence-electron chi connectivity index (χ1n) is 18.6. The maximum atomic E-state index is 6.04. The van der Waals surface area contributed by atoms with Gasteiger partial charge in [-0.3, -0.25) is 0 Å². The van der Waals surface area contributed by atoms with Crippen molar-refractivity contribution in [2.24, 2.45) is 0 Å². The summed E-state index contributed by atoms with van der Waals surface area (Å²) in [6.07, 6.45) is 0. The normalized spacial score (nSPS) is 11.3. The SMILES string of the molecule is c1ccc(-c2ccc(-c3cc(-c4ccc(-c5ccc(-c6ccc(-c7ccc8oc9ccccc9c8c7)cc6)cc5)cc4)nc(-c4ccccc4)n3)cc2)cc1. The van der Waals surface area contributed by atoms with E-state index >= 15 is 0 Å². The Morgan fingerprint density at radius 1 is 0.255 bits per heavy atom. The molecule has 0 radical (unpaired) electrons. The molecule has 55 heavy (non-hydrogen) atoms. The van der Waals surface area contributed by atoms with E-state index in [1.54, 1.807) is 0 Å².